The molecule has 1 saturated heterocycles. The number of nitrogens with zero attached hydrogens (tertiary/aromatic N) is 1. The molecule has 1 aliphatic rings. The Morgan fingerprint density at radius 2 is 1.83 bits per heavy atom. The smallest absolute Gasteiger partial charge is 0.408 e. The normalized spacial score (nSPS) is 19.0. The second kappa shape index (κ2) is 10.9. The molecule has 10 heteroatoms. The van der Waals surface area contributed by atoms with Gasteiger partial charge in [-0.3, -0.25) is 24.1 Å². The van der Waals surface area contributed by atoms with E-state index in [4.69, 9.17) is 9.47 Å². The number of hydrogen-bond acceptors (Lipinski definition) is 7. The van der Waals surface area contributed by atoms with Gasteiger partial charge in [0.25, 0.3) is 5.91 Å². The number of imide groups is 1. The maximum Gasteiger partial charge on any atom is 0.408 e. The van der Waals surface area contributed by atoms with Crippen LogP contribution in [0.5, 0.6) is 0 Å². The number of amides is 4. The van der Waals surface area contributed by atoms with Gasteiger partial charge in [0.2, 0.25) is 11.8 Å². The minimum Gasteiger partial charge on any atom is -0.465 e. The van der Waals surface area contributed by atoms with Gasteiger partial charge in [0.05, 0.1) is 6.61 Å². The molecule has 0 unspecified atom stereocenters. The predicted molar refractivity (Wildman–Crippen MR) is 107 cm³/mol. The van der Waals surface area contributed by atoms with E-state index >= 15 is 0 Å². The monoisotopic (exact) mass is 427 g/mol. The van der Waals surface area contributed by atoms with Crippen molar-refractivity contribution in [2.24, 2.45) is 5.92 Å². The zero-order valence-electron chi connectivity index (χ0n) is 18.6. The van der Waals surface area contributed by atoms with Crippen molar-refractivity contribution in [2.75, 3.05) is 13.2 Å². The average molecular weight is 427 g/mol. The standard InChI is InChI=1S/C20H33N3O7/c1-7-12(3)16(22-19(28)30-20(4,5)6)17(26)21-13-9-10-14(24)23(18(13)27)11-15(25)29-8-2/h12-13,16H,7-11H2,1-6H3,(H,21,26)(H,22,28)/t12-,13-,16-/m0/s1. The van der Waals surface area contributed by atoms with Crippen LogP contribution in [0.4, 0.5) is 4.79 Å². The van der Waals surface area contributed by atoms with Crippen LogP contribution >= 0.6 is 0 Å². The van der Waals surface area contributed by atoms with Crippen molar-refractivity contribution in [1.29, 1.82) is 0 Å². The maximum atomic E-state index is 12.8. The van der Waals surface area contributed by atoms with Crippen molar-refractivity contribution in [3.8, 4) is 0 Å². The van der Waals surface area contributed by atoms with E-state index in [2.05, 4.69) is 10.6 Å². The SMILES string of the molecule is CCOC(=O)CN1C(=O)CC[C@H](NC(=O)[C@@H](NC(=O)OC(C)(C)C)[C@@H](C)CC)C1=O. The van der Waals surface area contributed by atoms with E-state index in [1.807, 2.05) is 6.92 Å². The number of alkyl carbamates (subject to hydrolysis) is 1. The largest absolute Gasteiger partial charge is 0.465 e. The van der Waals surface area contributed by atoms with Crippen molar-refractivity contribution in [1.82, 2.24) is 15.5 Å². The second-order valence-electron chi connectivity index (χ2n) is 8.23. The van der Waals surface area contributed by atoms with E-state index in [0.717, 1.165) is 4.90 Å². The summed E-state index contributed by atoms with van der Waals surface area (Å²) >= 11 is 0. The summed E-state index contributed by atoms with van der Waals surface area (Å²) in [6.07, 6.45) is -0.0246. The Morgan fingerprint density at radius 1 is 1.20 bits per heavy atom. The molecule has 30 heavy (non-hydrogen) atoms. The lowest BCUT2D eigenvalue weighted by Crippen LogP contribution is -2.59. The van der Waals surface area contributed by atoms with E-state index in [9.17, 15) is 24.0 Å². The third kappa shape index (κ3) is 7.64. The van der Waals surface area contributed by atoms with Crippen molar-refractivity contribution < 1.29 is 33.4 Å². The molecule has 4 amide bonds. The lowest BCUT2D eigenvalue weighted by molar-refractivity contribution is -0.159. The average Bonchev–Trinajstić information content (AvgIpc) is 2.63. The van der Waals surface area contributed by atoms with Crippen molar-refractivity contribution in [2.45, 2.75) is 78.5 Å². The van der Waals surface area contributed by atoms with E-state index in [1.54, 1.807) is 34.6 Å². The number of carbonyl (C=O) groups is 5. The molecular formula is C20H33N3O7. The molecule has 0 aromatic rings. The molecule has 3 atom stereocenters. The molecule has 1 heterocycles. The first-order chi connectivity index (χ1) is 13.9. The highest BCUT2D eigenvalue weighted by molar-refractivity contribution is 6.04. The summed E-state index contributed by atoms with van der Waals surface area (Å²) in [6, 6.07) is -1.90. The molecule has 2 N–H and O–H groups in total. The molecule has 0 radical (unpaired) electrons. The lowest BCUT2D eigenvalue weighted by atomic mass is 9.97. The van der Waals surface area contributed by atoms with Gasteiger partial charge in [-0.05, 0) is 40.0 Å². The van der Waals surface area contributed by atoms with Gasteiger partial charge in [-0.2, -0.15) is 0 Å². The molecule has 0 spiro atoms. The molecule has 1 aliphatic heterocycles. The Morgan fingerprint density at radius 3 is 2.37 bits per heavy atom. The highest BCUT2D eigenvalue weighted by Crippen LogP contribution is 2.16. The molecule has 0 saturated carbocycles. The maximum absolute atomic E-state index is 12.8. The van der Waals surface area contributed by atoms with Crippen LogP contribution in [0.15, 0.2) is 0 Å². The third-order valence-electron chi connectivity index (χ3n) is 4.59. The van der Waals surface area contributed by atoms with Crippen LogP contribution in [0.2, 0.25) is 0 Å². The van der Waals surface area contributed by atoms with Crippen LogP contribution in [0.25, 0.3) is 0 Å². The van der Waals surface area contributed by atoms with Crippen LogP contribution in [0.3, 0.4) is 0 Å². The fourth-order valence-corrected chi connectivity index (χ4v) is 2.87. The van der Waals surface area contributed by atoms with E-state index in [0.29, 0.717) is 6.42 Å². The number of carbonyl (C=O) groups excluding carboxylic acids is 5. The van der Waals surface area contributed by atoms with Crippen molar-refractivity contribution in [3.05, 3.63) is 0 Å². The van der Waals surface area contributed by atoms with Gasteiger partial charge in [0.15, 0.2) is 0 Å². The fourth-order valence-electron chi connectivity index (χ4n) is 2.87. The third-order valence-corrected chi connectivity index (χ3v) is 4.59. The topological polar surface area (TPSA) is 131 Å². The number of nitrogens with one attached hydrogen (secondary N) is 2. The molecule has 1 fully saturated rings. The van der Waals surface area contributed by atoms with Gasteiger partial charge in [-0.15, -0.1) is 0 Å². The number of hydrogen-bond donors (Lipinski definition) is 2. The lowest BCUT2D eigenvalue weighted by Gasteiger charge is -2.32. The van der Waals surface area contributed by atoms with E-state index < -0.39 is 54.0 Å². The van der Waals surface area contributed by atoms with Gasteiger partial charge in [0.1, 0.15) is 24.2 Å². The van der Waals surface area contributed by atoms with Crippen molar-refractivity contribution >= 4 is 29.8 Å². The molecule has 1 rings (SSSR count). The molecule has 10 nitrogen and oxygen atoms in total. The van der Waals surface area contributed by atoms with Gasteiger partial charge in [-0.25, -0.2) is 4.79 Å². The molecule has 170 valence electrons. The summed E-state index contributed by atoms with van der Waals surface area (Å²) in [4.78, 5) is 62.2. The zero-order valence-corrected chi connectivity index (χ0v) is 18.6. The molecule has 0 aromatic heterocycles. The van der Waals surface area contributed by atoms with Crippen LogP contribution in [0.1, 0.15) is 60.8 Å². The van der Waals surface area contributed by atoms with Gasteiger partial charge in [-0.1, -0.05) is 20.3 Å². The molecule has 0 aliphatic carbocycles. The zero-order chi connectivity index (χ0) is 23.1. The highest BCUT2D eigenvalue weighted by atomic mass is 16.6. The van der Waals surface area contributed by atoms with Crippen LogP contribution < -0.4 is 10.6 Å². The predicted octanol–water partition coefficient (Wildman–Crippen LogP) is 1.12. The first-order valence-electron chi connectivity index (χ1n) is 10.2. The summed E-state index contributed by atoms with van der Waals surface area (Å²) in [6.45, 7) is 10.0. The molecule has 0 aromatic carbocycles. The van der Waals surface area contributed by atoms with Gasteiger partial charge >= 0.3 is 12.1 Å². The summed E-state index contributed by atoms with van der Waals surface area (Å²) in [7, 11) is 0. The molecule has 0 bridgehead atoms. The number of likely N-dealkylation sites (tertiary alicyclic amines) is 1. The van der Waals surface area contributed by atoms with E-state index in [-0.39, 0.29) is 25.4 Å². The van der Waals surface area contributed by atoms with Gasteiger partial charge < -0.3 is 20.1 Å². The Balaban J connectivity index is 2.86. The number of piperidine rings is 1. The van der Waals surface area contributed by atoms with Crippen molar-refractivity contribution in [3.63, 3.8) is 0 Å². The summed E-state index contributed by atoms with van der Waals surface area (Å²) in [5.74, 6) is -2.65. The minimum atomic E-state index is -0.975. The Hall–Kier alpha value is -2.65. The number of rotatable bonds is 8. The fraction of sp³-hybridized carbons (Fsp3) is 0.750. The second-order valence-corrected chi connectivity index (χ2v) is 8.23. The van der Waals surface area contributed by atoms with Crippen LogP contribution in [-0.2, 0) is 28.7 Å². The Labute approximate surface area is 177 Å². The van der Waals surface area contributed by atoms with E-state index in [1.165, 1.54) is 0 Å². The summed E-state index contributed by atoms with van der Waals surface area (Å²) in [5.41, 5.74) is -0.728. The Kier molecular flexibility index (Phi) is 9.25. The molecular weight excluding hydrogens is 394 g/mol. The highest BCUT2D eigenvalue weighted by Gasteiger charge is 2.38. The van der Waals surface area contributed by atoms with Crippen LogP contribution in [-0.4, -0.2) is 65.5 Å². The Bertz CT molecular complexity index is 672. The number of ether oxygens (including phenoxy) is 2. The quantitative estimate of drug-likeness (QED) is 0.438. The van der Waals surface area contributed by atoms with Crippen LogP contribution in [0, 0.1) is 5.92 Å². The summed E-state index contributed by atoms with van der Waals surface area (Å²) < 4.78 is 10.0. The minimum absolute atomic E-state index is 0.00356. The van der Waals surface area contributed by atoms with Gasteiger partial charge in [0, 0.05) is 6.42 Å². The first-order valence-corrected chi connectivity index (χ1v) is 10.2. The first kappa shape index (κ1) is 25.4. The summed E-state index contributed by atoms with van der Waals surface area (Å²) in [5, 5.41) is 5.16. The number of esters is 1.